The fraction of sp³-hybridized carbons (Fsp3) is 0.458. The molecule has 2 aromatic heterocycles. The van der Waals surface area contributed by atoms with Crippen molar-refractivity contribution in [2.45, 2.75) is 57.8 Å². The number of rotatable bonds is 4. The fourth-order valence-electron chi connectivity index (χ4n) is 4.04. The molecule has 7 heteroatoms. The number of aromatic amines is 1. The van der Waals surface area contributed by atoms with Gasteiger partial charge in [0.2, 0.25) is 0 Å². The zero-order valence-electron chi connectivity index (χ0n) is 18.2. The lowest BCUT2D eigenvalue weighted by Crippen LogP contribution is -2.38. The molecule has 4 nitrogen and oxygen atoms in total. The maximum absolute atomic E-state index is 12.7. The first-order chi connectivity index (χ1) is 14.6. The van der Waals surface area contributed by atoms with Gasteiger partial charge in [-0.05, 0) is 48.7 Å². The number of alkyl halides is 3. The molecule has 1 fully saturated rings. The van der Waals surface area contributed by atoms with Gasteiger partial charge >= 0.3 is 6.18 Å². The van der Waals surface area contributed by atoms with E-state index in [0.29, 0.717) is 12.6 Å². The molecule has 0 atom stereocenters. The summed E-state index contributed by atoms with van der Waals surface area (Å²) in [6, 6.07) is 11.6. The molecule has 0 radical (unpaired) electrons. The van der Waals surface area contributed by atoms with Crippen molar-refractivity contribution in [1.29, 1.82) is 0 Å². The van der Waals surface area contributed by atoms with Crippen LogP contribution in [0.3, 0.4) is 0 Å². The molecule has 1 aliphatic heterocycles. The van der Waals surface area contributed by atoms with Crippen LogP contribution in [0.1, 0.15) is 50.6 Å². The first kappa shape index (κ1) is 21.7. The highest BCUT2D eigenvalue weighted by atomic mass is 19.4. The third-order valence-corrected chi connectivity index (χ3v) is 5.91. The van der Waals surface area contributed by atoms with Crippen molar-refractivity contribution < 1.29 is 13.2 Å². The molecule has 0 aliphatic carbocycles. The second-order valence-corrected chi connectivity index (χ2v) is 9.48. The highest BCUT2D eigenvalue weighted by Crippen LogP contribution is 2.29. The van der Waals surface area contributed by atoms with E-state index in [1.807, 2.05) is 0 Å². The van der Waals surface area contributed by atoms with E-state index in [0.717, 1.165) is 48.8 Å². The average molecular weight is 431 g/mol. The first-order valence-corrected chi connectivity index (χ1v) is 10.7. The van der Waals surface area contributed by atoms with Crippen LogP contribution in [-0.2, 0) is 18.1 Å². The Morgan fingerprint density at radius 3 is 2.42 bits per heavy atom. The summed E-state index contributed by atoms with van der Waals surface area (Å²) in [5.74, 6) is 0. The fourth-order valence-corrected chi connectivity index (χ4v) is 4.04. The highest BCUT2D eigenvalue weighted by molar-refractivity contribution is 5.84. The second-order valence-electron chi connectivity index (χ2n) is 9.48. The number of nitrogens with one attached hydrogen (secondary N) is 2. The first-order valence-electron chi connectivity index (χ1n) is 10.7. The van der Waals surface area contributed by atoms with Crippen molar-refractivity contribution in [3.05, 3.63) is 59.5 Å². The number of nitrogens with zero attached hydrogens (tertiary/aromatic N) is 2. The molecule has 31 heavy (non-hydrogen) atoms. The van der Waals surface area contributed by atoms with Crippen LogP contribution in [0.2, 0.25) is 0 Å². The number of aromatic nitrogens is 2. The topological polar surface area (TPSA) is 44.0 Å². The Morgan fingerprint density at radius 2 is 1.81 bits per heavy atom. The normalized spacial score (nSPS) is 16.7. The van der Waals surface area contributed by atoms with Gasteiger partial charge in [0.05, 0.1) is 0 Å². The summed E-state index contributed by atoms with van der Waals surface area (Å²) in [5.41, 5.74) is 3.56. The van der Waals surface area contributed by atoms with Gasteiger partial charge in [-0.2, -0.15) is 13.2 Å². The molecule has 2 N–H and O–H groups in total. The highest BCUT2D eigenvalue weighted by Gasteiger charge is 2.32. The summed E-state index contributed by atoms with van der Waals surface area (Å²) >= 11 is 0. The van der Waals surface area contributed by atoms with Crippen LogP contribution in [0, 0.1) is 0 Å². The van der Waals surface area contributed by atoms with Crippen LogP contribution in [0.25, 0.3) is 10.9 Å². The van der Waals surface area contributed by atoms with E-state index in [4.69, 9.17) is 0 Å². The van der Waals surface area contributed by atoms with Crippen molar-refractivity contribution in [1.82, 2.24) is 14.9 Å². The van der Waals surface area contributed by atoms with Crippen LogP contribution in [0.5, 0.6) is 0 Å². The van der Waals surface area contributed by atoms with Gasteiger partial charge in [0.25, 0.3) is 0 Å². The zero-order chi connectivity index (χ0) is 22.2. The second kappa shape index (κ2) is 8.19. The van der Waals surface area contributed by atoms with Crippen LogP contribution < -0.4 is 5.32 Å². The van der Waals surface area contributed by atoms with Crippen molar-refractivity contribution in [2.24, 2.45) is 0 Å². The smallest absolute Gasteiger partial charge is 0.382 e. The number of H-pyrrole nitrogens is 1. The predicted octanol–water partition coefficient (Wildman–Crippen LogP) is 5.96. The number of likely N-dealkylation sites (tertiary alicyclic amines) is 1. The average Bonchev–Trinajstić information content (AvgIpc) is 3.13. The van der Waals surface area contributed by atoms with Crippen LogP contribution in [0.4, 0.5) is 18.9 Å². The van der Waals surface area contributed by atoms with E-state index in [9.17, 15) is 13.2 Å². The van der Waals surface area contributed by atoms with Gasteiger partial charge in [-0.3, -0.25) is 9.88 Å². The number of piperidine rings is 1. The third kappa shape index (κ3) is 5.21. The molecule has 3 aromatic rings. The molecule has 1 aliphatic rings. The molecular formula is C24H29F3N4. The summed E-state index contributed by atoms with van der Waals surface area (Å²) in [5, 5.41) is 4.86. The van der Waals surface area contributed by atoms with Crippen molar-refractivity contribution in [2.75, 3.05) is 18.4 Å². The van der Waals surface area contributed by atoms with E-state index in [-0.39, 0.29) is 5.41 Å². The summed E-state index contributed by atoms with van der Waals surface area (Å²) in [4.78, 5) is 9.34. The molecule has 1 aromatic carbocycles. The van der Waals surface area contributed by atoms with Crippen molar-refractivity contribution in [3.63, 3.8) is 0 Å². The Balaban J connectivity index is 1.32. The number of pyridine rings is 1. The van der Waals surface area contributed by atoms with Crippen LogP contribution >= 0.6 is 0 Å². The van der Waals surface area contributed by atoms with Crippen molar-refractivity contribution in [3.8, 4) is 0 Å². The Hall–Kier alpha value is -2.54. The van der Waals surface area contributed by atoms with Gasteiger partial charge in [0.1, 0.15) is 5.69 Å². The van der Waals surface area contributed by atoms with E-state index in [1.54, 1.807) is 0 Å². The van der Waals surface area contributed by atoms with Gasteiger partial charge in [0, 0.05) is 59.6 Å². The lowest BCUT2D eigenvalue weighted by molar-refractivity contribution is -0.141. The molecule has 166 valence electrons. The predicted molar refractivity (Wildman–Crippen MR) is 118 cm³/mol. The Kier molecular flexibility index (Phi) is 5.73. The number of hydrogen-bond acceptors (Lipinski definition) is 3. The SMILES string of the molecule is CC(C)(C)c1cc2cc(NC3CCN(Cc4ccc(C(F)(F)F)nc4)CC3)ccc2[nH]1. The molecule has 0 unspecified atom stereocenters. The summed E-state index contributed by atoms with van der Waals surface area (Å²) in [7, 11) is 0. The molecule has 3 heterocycles. The monoisotopic (exact) mass is 430 g/mol. The lowest BCUT2D eigenvalue weighted by atomic mass is 9.92. The van der Waals surface area contributed by atoms with Gasteiger partial charge in [0.15, 0.2) is 0 Å². The molecule has 0 saturated carbocycles. The van der Waals surface area contributed by atoms with Crippen LogP contribution in [-0.4, -0.2) is 34.0 Å². The van der Waals surface area contributed by atoms with Gasteiger partial charge < -0.3 is 10.3 Å². The van der Waals surface area contributed by atoms with Gasteiger partial charge in [-0.15, -0.1) is 0 Å². The molecule has 1 saturated heterocycles. The summed E-state index contributed by atoms with van der Waals surface area (Å²) in [6.45, 7) is 9.03. The zero-order valence-corrected chi connectivity index (χ0v) is 18.2. The van der Waals surface area contributed by atoms with Gasteiger partial charge in [-0.25, -0.2) is 0 Å². The molecular weight excluding hydrogens is 401 g/mol. The lowest BCUT2D eigenvalue weighted by Gasteiger charge is -2.32. The summed E-state index contributed by atoms with van der Waals surface area (Å²) in [6.07, 6.45) is -1.07. The quantitative estimate of drug-likeness (QED) is 0.537. The number of halogens is 3. The standard InChI is InChI=1S/C24H29F3N4/c1-23(2,3)22-13-17-12-19(5-6-20(17)30-22)29-18-8-10-31(11-9-18)15-16-4-7-21(28-14-16)24(25,26)27/h4-7,12-14,18,29-30H,8-11,15H2,1-3H3. The van der Waals surface area contributed by atoms with Gasteiger partial charge in [-0.1, -0.05) is 26.8 Å². The number of anilines is 1. The van der Waals surface area contributed by atoms with E-state index in [1.165, 1.54) is 23.3 Å². The van der Waals surface area contributed by atoms with Crippen molar-refractivity contribution >= 4 is 16.6 Å². The largest absolute Gasteiger partial charge is 0.433 e. The minimum absolute atomic E-state index is 0.0853. The van der Waals surface area contributed by atoms with Crippen LogP contribution in [0.15, 0.2) is 42.6 Å². The Labute approximate surface area is 180 Å². The number of fused-ring (bicyclic) bond motifs is 1. The number of benzene rings is 1. The molecule has 4 rings (SSSR count). The molecule has 0 bridgehead atoms. The maximum atomic E-state index is 12.7. The van der Waals surface area contributed by atoms with E-state index < -0.39 is 11.9 Å². The van der Waals surface area contributed by atoms with E-state index in [2.05, 4.69) is 65.2 Å². The maximum Gasteiger partial charge on any atom is 0.433 e. The Morgan fingerprint density at radius 1 is 1.06 bits per heavy atom. The van der Waals surface area contributed by atoms with E-state index >= 15 is 0 Å². The minimum atomic E-state index is -4.39. The summed E-state index contributed by atoms with van der Waals surface area (Å²) < 4.78 is 38.0. The molecule has 0 amide bonds. The minimum Gasteiger partial charge on any atom is -0.382 e. The molecule has 0 spiro atoms. The number of hydrogen-bond donors (Lipinski definition) is 2. The third-order valence-electron chi connectivity index (χ3n) is 5.91. The Bertz CT molecular complexity index is 1020.